The third-order valence-electron chi connectivity index (χ3n) is 5.96. The fourth-order valence-corrected chi connectivity index (χ4v) is 5.17. The largest absolute Gasteiger partial charge is 0.352 e. The predicted octanol–water partition coefficient (Wildman–Crippen LogP) is 5.83. The summed E-state index contributed by atoms with van der Waals surface area (Å²) < 4.78 is 2.30. The van der Waals surface area contributed by atoms with Crippen LogP contribution in [0.1, 0.15) is 54.1 Å². The molecule has 1 saturated heterocycles. The molecular weight excluding hydrogens is 412 g/mol. The Kier molecular flexibility index (Phi) is 5.60. The van der Waals surface area contributed by atoms with Gasteiger partial charge in [0.25, 0.3) is 0 Å². The van der Waals surface area contributed by atoms with Gasteiger partial charge in [0.15, 0.2) is 5.11 Å². The molecule has 1 fully saturated rings. The molecule has 0 bridgehead atoms. The standard InChI is InChI=1S/C24H27ClN4S/c1-14(2)28-23(22(27-24(28)30)20-10-6-7-12-26-20)18-13-15(3)29(17(18)5)21-11-8-9-19(25)16(21)4/h6-14,22-23H,1-5H3,(H,27,30). The Morgan fingerprint density at radius 2 is 1.87 bits per heavy atom. The normalized spacial score (nSPS) is 18.9. The molecule has 0 aliphatic carbocycles. The number of thiocarbonyl (C=S) groups is 1. The summed E-state index contributed by atoms with van der Waals surface area (Å²) in [5, 5.41) is 5.08. The molecule has 0 radical (unpaired) electrons. The van der Waals surface area contributed by atoms with E-state index in [4.69, 9.17) is 23.8 Å². The van der Waals surface area contributed by atoms with E-state index in [0.717, 1.165) is 27.1 Å². The van der Waals surface area contributed by atoms with Crippen molar-refractivity contribution in [1.82, 2.24) is 19.8 Å². The van der Waals surface area contributed by atoms with E-state index in [9.17, 15) is 0 Å². The van der Waals surface area contributed by atoms with E-state index in [1.807, 2.05) is 30.5 Å². The van der Waals surface area contributed by atoms with Crippen LogP contribution in [0.2, 0.25) is 5.02 Å². The highest BCUT2D eigenvalue weighted by atomic mass is 35.5. The maximum absolute atomic E-state index is 6.43. The molecule has 0 saturated carbocycles. The van der Waals surface area contributed by atoms with Crippen molar-refractivity contribution in [2.75, 3.05) is 0 Å². The molecule has 1 aliphatic rings. The monoisotopic (exact) mass is 438 g/mol. The minimum atomic E-state index is -0.00416. The van der Waals surface area contributed by atoms with Gasteiger partial charge in [0.2, 0.25) is 0 Å². The molecule has 0 amide bonds. The van der Waals surface area contributed by atoms with Crippen LogP contribution in [-0.4, -0.2) is 25.6 Å². The molecule has 1 aliphatic heterocycles. The lowest BCUT2D eigenvalue weighted by Crippen LogP contribution is -2.35. The minimum Gasteiger partial charge on any atom is -0.352 e. The van der Waals surface area contributed by atoms with Gasteiger partial charge in [-0.3, -0.25) is 4.98 Å². The highest BCUT2D eigenvalue weighted by Crippen LogP contribution is 2.42. The van der Waals surface area contributed by atoms with Crippen LogP contribution in [0.4, 0.5) is 0 Å². The first-order valence-electron chi connectivity index (χ1n) is 10.2. The lowest BCUT2D eigenvalue weighted by Gasteiger charge is -2.31. The molecule has 2 aromatic heterocycles. The lowest BCUT2D eigenvalue weighted by atomic mass is 9.96. The number of rotatable bonds is 4. The van der Waals surface area contributed by atoms with E-state index in [1.165, 1.54) is 17.0 Å². The molecule has 6 heteroatoms. The number of hydrogen-bond donors (Lipinski definition) is 1. The van der Waals surface area contributed by atoms with Crippen LogP contribution < -0.4 is 5.32 Å². The molecular formula is C24H27ClN4S. The summed E-state index contributed by atoms with van der Waals surface area (Å²) in [6.07, 6.45) is 1.84. The van der Waals surface area contributed by atoms with E-state index >= 15 is 0 Å². The van der Waals surface area contributed by atoms with Crippen molar-refractivity contribution in [2.24, 2.45) is 0 Å². The Morgan fingerprint density at radius 3 is 2.53 bits per heavy atom. The predicted molar refractivity (Wildman–Crippen MR) is 127 cm³/mol. The molecule has 3 aromatic rings. The summed E-state index contributed by atoms with van der Waals surface area (Å²) in [5.74, 6) is 0. The average molecular weight is 439 g/mol. The Balaban J connectivity index is 1.88. The van der Waals surface area contributed by atoms with E-state index in [2.05, 4.69) is 72.6 Å². The maximum atomic E-state index is 6.43. The Bertz CT molecular complexity index is 1090. The first-order chi connectivity index (χ1) is 14.3. The van der Waals surface area contributed by atoms with Crippen LogP contribution in [-0.2, 0) is 0 Å². The summed E-state index contributed by atoms with van der Waals surface area (Å²) >= 11 is 12.2. The van der Waals surface area contributed by atoms with Crippen molar-refractivity contribution in [2.45, 2.75) is 52.7 Å². The zero-order valence-corrected chi connectivity index (χ0v) is 19.6. The number of pyridine rings is 1. The van der Waals surface area contributed by atoms with Gasteiger partial charge in [-0.1, -0.05) is 23.7 Å². The van der Waals surface area contributed by atoms with Gasteiger partial charge in [0.1, 0.15) is 0 Å². The van der Waals surface area contributed by atoms with Gasteiger partial charge >= 0.3 is 0 Å². The highest BCUT2D eigenvalue weighted by molar-refractivity contribution is 7.80. The summed E-state index contributed by atoms with van der Waals surface area (Å²) in [6.45, 7) is 10.8. The first kappa shape index (κ1) is 20.9. The van der Waals surface area contributed by atoms with E-state index in [0.29, 0.717) is 0 Å². The van der Waals surface area contributed by atoms with Gasteiger partial charge in [0, 0.05) is 34.3 Å². The number of nitrogens with zero attached hydrogens (tertiary/aromatic N) is 3. The van der Waals surface area contributed by atoms with Crippen LogP contribution in [0, 0.1) is 20.8 Å². The van der Waals surface area contributed by atoms with E-state index in [1.54, 1.807) is 0 Å². The third-order valence-corrected chi connectivity index (χ3v) is 6.70. The van der Waals surface area contributed by atoms with Gasteiger partial charge in [-0.2, -0.15) is 0 Å². The van der Waals surface area contributed by atoms with E-state index in [-0.39, 0.29) is 18.1 Å². The lowest BCUT2D eigenvalue weighted by molar-refractivity contribution is 0.269. The smallest absolute Gasteiger partial charge is 0.170 e. The second-order valence-corrected chi connectivity index (χ2v) is 8.97. The van der Waals surface area contributed by atoms with Crippen LogP contribution in [0.3, 0.4) is 0 Å². The Labute approximate surface area is 188 Å². The summed E-state index contributed by atoms with van der Waals surface area (Å²) in [7, 11) is 0. The molecule has 1 aromatic carbocycles. The number of nitrogens with one attached hydrogen (secondary N) is 1. The molecule has 0 spiro atoms. The van der Waals surface area contributed by atoms with Crippen LogP contribution >= 0.6 is 23.8 Å². The van der Waals surface area contributed by atoms with Gasteiger partial charge in [-0.25, -0.2) is 0 Å². The van der Waals surface area contributed by atoms with Crippen molar-refractivity contribution in [1.29, 1.82) is 0 Å². The molecule has 156 valence electrons. The molecule has 30 heavy (non-hydrogen) atoms. The topological polar surface area (TPSA) is 33.1 Å². The van der Waals surface area contributed by atoms with Crippen molar-refractivity contribution in [3.05, 3.63) is 81.9 Å². The van der Waals surface area contributed by atoms with Gasteiger partial charge in [-0.05, 0) is 88.3 Å². The molecule has 4 rings (SSSR count). The first-order valence-corrected chi connectivity index (χ1v) is 11.0. The summed E-state index contributed by atoms with van der Waals surface area (Å²) in [5.41, 5.74) is 6.81. The van der Waals surface area contributed by atoms with Gasteiger partial charge in [-0.15, -0.1) is 0 Å². The van der Waals surface area contributed by atoms with Gasteiger partial charge in [0.05, 0.1) is 17.8 Å². The Hall–Kier alpha value is -2.37. The van der Waals surface area contributed by atoms with Crippen molar-refractivity contribution in [3.63, 3.8) is 0 Å². The molecule has 2 atom stereocenters. The maximum Gasteiger partial charge on any atom is 0.170 e. The average Bonchev–Trinajstić information content (AvgIpc) is 3.21. The van der Waals surface area contributed by atoms with Crippen molar-refractivity contribution < 1.29 is 0 Å². The second kappa shape index (κ2) is 8.05. The van der Waals surface area contributed by atoms with Crippen LogP contribution in [0.25, 0.3) is 5.69 Å². The number of hydrogen-bond acceptors (Lipinski definition) is 2. The molecule has 3 heterocycles. The fraction of sp³-hybridized carbons (Fsp3) is 0.333. The SMILES string of the molecule is Cc1c(Cl)cccc1-n1c(C)cc(C2C(c3ccccn3)NC(=S)N2C(C)C)c1C. The minimum absolute atomic E-state index is 0.00416. The Morgan fingerprint density at radius 1 is 1.10 bits per heavy atom. The van der Waals surface area contributed by atoms with E-state index < -0.39 is 0 Å². The van der Waals surface area contributed by atoms with Crippen molar-refractivity contribution in [3.8, 4) is 5.69 Å². The van der Waals surface area contributed by atoms with Crippen molar-refractivity contribution >= 4 is 28.9 Å². The van der Waals surface area contributed by atoms with Crippen LogP contribution in [0.15, 0.2) is 48.7 Å². The third kappa shape index (κ3) is 3.40. The number of aryl methyl sites for hydroxylation is 1. The van der Waals surface area contributed by atoms with Gasteiger partial charge < -0.3 is 14.8 Å². The highest BCUT2D eigenvalue weighted by Gasteiger charge is 2.42. The number of halogens is 1. The summed E-state index contributed by atoms with van der Waals surface area (Å²) in [4.78, 5) is 6.93. The molecule has 4 nitrogen and oxygen atoms in total. The zero-order valence-electron chi connectivity index (χ0n) is 18.0. The van der Waals surface area contributed by atoms with Crippen LogP contribution in [0.5, 0.6) is 0 Å². The fourth-order valence-electron chi connectivity index (χ4n) is 4.55. The quantitative estimate of drug-likeness (QED) is 0.519. The second-order valence-electron chi connectivity index (χ2n) is 8.17. The number of aromatic nitrogens is 2. The molecule has 1 N–H and O–H groups in total. The number of benzene rings is 1. The summed E-state index contributed by atoms with van der Waals surface area (Å²) in [6, 6.07) is 14.7. The zero-order chi connectivity index (χ0) is 21.6. The molecule has 2 unspecified atom stereocenters.